The number of hydrogen-bond acceptors (Lipinski definition) is 5. The summed E-state index contributed by atoms with van der Waals surface area (Å²) in [7, 11) is 0. The molecule has 0 unspecified atom stereocenters. The van der Waals surface area contributed by atoms with Gasteiger partial charge in [-0.1, -0.05) is 12.1 Å². The monoisotopic (exact) mass is 308 g/mol. The van der Waals surface area contributed by atoms with Crippen LogP contribution in [0.1, 0.15) is 5.69 Å². The second kappa shape index (κ2) is 5.23. The Kier molecular flexibility index (Phi) is 3.23. The topological polar surface area (TPSA) is 118 Å². The van der Waals surface area contributed by atoms with E-state index >= 15 is 0 Å². The quantitative estimate of drug-likeness (QED) is 0.409. The van der Waals surface area contributed by atoms with Crippen LogP contribution in [-0.2, 0) is 0 Å². The Balaban J connectivity index is 2.37. The largest absolute Gasteiger partial charge is 0.805 e. The fourth-order valence-electron chi connectivity index (χ4n) is 2.33. The van der Waals surface area contributed by atoms with Gasteiger partial charge in [-0.3, -0.25) is 10.1 Å². The highest BCUT2D eigenvalue weighted by molar-refractivity contribution is 5.78. The number of rotatable bonds is 2. The highest BCUT2D eigenvalue weighted by atomic mass is 16.6. The average molecular weight is 308 g/mol. The van der Waals surface area contributed by atoms with E-state index in [0.717, 1.165) is 0 Å². The van der Waals surface area contributed by atoms with E-state index in [-0.39, 0.29) is 33.7 Å². The number of aromatic nitrogens is 2. The van der Waals surface area contributed by atoms with Crippen molar-refractivity contribution in [1.82, 2.24) is 4.73 Å². The summed E-state index contributed by atoms with van der Waals surface area (Å²) in [4.78, 5) is 22.4. The Morgan fingerprint density at radius 2 is 1.78 bits per heavy atom. The summed E-state index contributed by atoms with van der Waals surface area (Å²) in [5.74, 6) is 0. The SMILES string of the molecule is N#Cc1c(-c2ccc([N+](=O)[O-])cc2)n([O-])c2ccccc2[n+]1=O. The van der Waals surface area contributed by atoms with E-state index in [9.17, 15) is 25.5 Å². The van der Waals surface area contributed by atoms with Gasteiger partial charge < -0.3 is 9.94 Å². The van der Waals surface area contributed by atoms with E-state index < -0.39 is 4.92 Å². The van der Waals surface area contributed by atoms with Crippen molar-refractivity contribution in [3.8, 4) is 17.3 Å². The van der Waals surface area contributed by atoms with Crippen molar-refractivity contribution in [1.29, 1.82) is 5.26 Å². The number of nitriles is 1. The summed E-state index contributed by atoms with van der Waals surface area (Å²) in [5, 5.41) is 32.5. The summed E-state index contributed by atoms with van der Waals surface area (Å²) >= 11 is 0. The minimum Gasteiger partial charge on any atom is -0.805 e. The normalized spacial score (nSPS) is 10.4. The molecule has 0 N–H and O–H groups in total. The van der Waals surface area contributed by atoms with Crippen LogP contribution in [0.2, 0.25) is 0 Å². The predicted octanol–water partition coefficient (Wildman–Crippen LogP) is 2.35. The number of nitro benzene ring substituents is 1. The second-order valence-electron chi connectivity index (χ2n) is 4.69. The zero-order valence-electron chi connectivity index (χ0n) is 11.5. The van der Waals surface area contributed by atoms with Crippen LogP contribution >= 0.6 is 0 Å². The van der Waals surface area contributed by atoms with Gasteiger partial charge in [-0.15, -0.1) is 0 Å². The van der Waals surface area contributed by atoms with Gasteiger partial charge in [-0.2, -0.15) is 5.26 Å². The minimum atomic E-state index is -0.575. The van der Waals surface area contributed by atoms with Gasteiger partial charge in [0.05, 0.1) is 9.35 Å². The molecule has 0 amide bonds. The van der Waals surface area contributed by atoms with Gasteiger partial charge in [-0.05, 0) is 18.2 Å². The first-order valence-corrected chi connectivity index (χ1v) is 6.47. The Morgan fingerprint density at radius 1 is 1.13 bits per heavy atom. The summed E-state index contributed by atoms with van der Waals surface area (Å²) < 4.78 is 0.879. The van der Waals surface area contributed by atoms with Crippen LogP contribution in [0.25, 0.3) is 22.3 Å². The molecule has 0 spiro atoms. The third-order valence-electron chi connectivity index (χ3n) is 3.41. The molecule has 8 heteroatoms. The molecule has 1 heterocycles. The van der Waals surface area contributed by atoms with E-state index in [2.05, 4.69) is 0 Å². The summed E-state index contributed by atoms with van der Waals surface area (Å²) in [6, 6.07) is 12.9. The maximum Gasteiger partial charge on any atom is 0.363 e. The summed E-state index contributed by atoms with van der Waals surface area (Å²) in [6.45, 7) is 0. The standard InChI is InChI=1S/C15H8N4O4/c16-9-14-15(10-5-7-11(8-6-10)19(22)23)18(21)13-4-2-1-3-12(13)17(14)20/h1-8H. The first kappa shape index (κ1) is 14.2. The maximum absolute atomic E-state index is 12.6. The highest BCUT2D eigenvalue weighted by Crippen LogP contribution is 2.26. The molecule has 0 radical (unpaired) electrons. The van der Waals surface area contributed by atoms with E-state index in [0.29, 0.717) is 9.16 Å². The molecular weight excluding hydrogens is 300 g/mol. The molecule has 0 saturated carbocycles. The van der Waals surface area contributed by atoms with Gasteiger partial charge in [0.1, 0.15) is 11.2 Å². The lowest BCUT2D eigenvalue weighted by atomic mass is 10.1. The van der Waals surface area contributed by atoms with Crippen LogP contribution in [0.4, 0.5) is 5.69 Å². The zero-order chi connectivity index (χ0) is 16.6. The Bertz CT molecular complexity index is 1030. The van der Waals surface area contributed by atoms with Crippen LogP contribution in [-0.4, -0.2) is 9.65 Å². The molecule has 2 aromatic carbocycles. The van der Waals surface area contributed by atoms with Gasteiger partial charge in [0.2, 0.25) is 0 Å². The number of hydrogen-bond donors (Lipinski definition) is 0. The second-order valence-corrected chi connectivity index (χ2v) is 4.69. The molecular formula is C15H8N4O4. The first-order chi connectivity index (χ1) is 11.0. The van der Waals surface area contributed by atoms with Gasteiger partial charge in [-0.25, -0.2) is 0 Å². The smallest absolute Gasteiger partial charge is 0.363 e. The van der Waals surface area contributed by atoms with Gasteiger partial charge in [0.15, 0.2) is 6.07 Å². The maximum atomic E-state index is 12.6. The van der Waals surface area contributed by atoms with Crippen molar-refractivity contribution in [2.45, 2.75) is 0 Å². The molecule has 112 valence electrons. The number of nitro groups is 1. The predicted molar refractivity (Wildman–Crippen MR) is 80.9 cm³/mol. The van der Waals surface area contributed by atoms with Crippen LogP contribution in [0.5, 0.6) is 0 Å². The Morgan fingerprint density at radius 3 is 2.39 bits per heavy atom. The lowest BCUT2D eigenvalue weighted by molar-refractivity contribution is -0.467. The van der Waals surface area contributed by atoms with Gasteiger partial charge in [0.25, 0.3) is 11.2 Å². The molecule has 3 rings (SSSR count). The highest BCUT2D eigenvalue weighted by Gasteiger charge is 2.23. The van der Waals surface area contributed by atoms with Crippen LogP contribution in [0, 0.1) is 31.6 Å². The van der Waals surface area contributed by atoms with E-state index in [1.165, 1.54) is 36.4 Å². The third-order valence-corrected chi connectivity index (χ3v) is 3.41. The molecule has 0 aliphatic carbocycles. The van der Waals surface area contributed by atoms with E-state index in [4.69, 9.17) is 0 Å². The van der Waals surface area contributed by atoms with Crippen molar-refractivity contribution in [2.75, 3.05) is 0 Å². The number of non-ortho nitro benzene ring substituents is 1. The van der Waals surface area contributed by atoms with Crippen LogP contribution < -0.4 is 4.43 Å². The molecule has 0 aliphatic heterocycles. The van der Waals surface area contributed by atoms with Gasteiger partial charge in [0, 0.05) is 28.7 Å². The first-order valence-electron chi connectivity index (χ1n) is 6.47. The molecule has 23 heavy (non-hydrogen) atoms. The van der Waals surface area contributed by atoms with Crippen molar-refractivity contribution in [3.63, 3.8) is 0 Å². The lowest BCUT2D eigenvalue weighted by Gasteiger charge is -2.17. The number of benzene rings is 2. The molecule has 1 aromatic heterocycles. The van der Waals surface area contributed by atoms with Crippen LogP contribution in [0.3, 0.4) is 0 Å². The number of nitrogens with zero attached hydrogens (tertiary/aromatic N) is 4. The fourth-order valence-corrected chi connectivity index (χ4v) is 2.33. The van der Waals surface area contributed by atoms with Crippen molar-refractivity contribution >= 4 is 16.7 Å². The fraction of sp³-hybridized carbons (Fsp3) is 0. The summed E-state index contributed by atoms with van der Waals surface area (Å²) in [5.41, 5.74) is -0.235. The zero-order valence-corrected chi connectivity index (χ0v) is 11.5. The number of fused-ring (bicyclic) bond motifs is 1. The van der Waals surface area contributed by atoms with Crippen LogP contribution in [0.15, 0.2) is 48.5 Å². The molecule has 0 saturated heterocycles. The molecule has 0 bridgehead atoms. The third kappa shape index (κ3) is 2.16. The molecule has 3 aromatic rings. The van der Waals surface area contributed by atoms with Crippen molar-refractivity contribution in [3.05, 3.63) is 74.5 Å². The van der Waals surface area contributed by atoms with E-state index in [1.807, 2.05) is 0 Å². The average Bonchev–Trinajstić information content (AvgIpc) is 2.58. The minimum absolute atomic E-state index is 0.0738. The van der Waals surface area contributed by atoms with Gasteiger partial charge >= 0.3 is 5.69 Å². The Hall–Kier alpha value is -3.73. The lowest BCUT2D eigenvalue weighted by Crippen LogP contribution is -2.24. The number of para-hydroxylation sites is 2. The Labute approximate surface area is 128 Å². The van der Waals surface area contributed by atoms with Crippen molar-refractivity contribution in [2.24, 2.45) is 0 Å². The molecule has 0 fully saturated rings. The van der Waals surface area contributed by atoms with Crippen molar-refractivity contribution < 1.29 is 9.35 Å². The summed E-state index contributed by atoms with van der Waals surface area (Å²) in [6.07, 6.45) is 0. The molecule has 8 nitrogen and oxygen atoms in total. The van der Waals surface area contributed by atoms with E-state index in [1.54, 1.807) is 18.2 Å². The molecule has 0 atom stereocenters. The molecule has 0 aliphatic rings.